The third kappa shape index (κ3) is 3.10. The van der Waals surface area contributed by atoms with E-state index < -0.39 is 17.7 Å². The van der Waals surface area contributed by atoms with Gasteiger partial charge in [0.1, 0.15) is 17.1 Å². The number of aliphatic hydroxyl groups excluding tert-OH is 1. The number of aliphatic hydroxyl groups is 1. The van der Waals surface area contributed by atoms with E-state index >= 15 is 0 Å². The number of fused-ring (bicyclic) bond motifs is 1. The minimum Gasteiger partial charge on any atom is -0.505 e. The molecular weight excluding hydrogens is 406 g/mol. The van der Waals surface area contributed by atoms with E-state index in [0.717, 1.165) is 11.1 Å². The number of carbonyl (C=O) groups is 2. The maximum Gasteiger partial charge on any atom is 0.296 e. The molecule has 4 aromatic rings. The molecule has 1 atom stereocenters. The highest BCUT2D eigenvalue weighted by Crippen LogP contribution is 2.40. The Morgan fingerprint density at radius 1 is 1.06 bits per heavy atom. The fourth-order valence-corrected chi connectivity index (χ4v) is 4.24. The normalized spacial score (nSPS) is 18.1. The fraction of sp³-hybridized carbons (Fsp3) is 0.160. The van der Waals surface area contributed by atoms with E-state index in [-0.39, 0.29) is 17.9 Å². The number of Topliss-reactive ketones (excluding diaryl/α,β-unsaturated/α-hetero) is 1. The minimum absolute atomic E-state index is 0.0409. The van der Waals surface area contributed by atoms with Crippen LogP contribution in [0.3, 0.4) is 0 Å². The minimum atomic E-state index is -0.755. The SMILES string of the molecule is Cc1ccc(C2C(=C(O)c3c(C)nc4ccccn34)C(=O)C(=O)N2Cc2ccco2)cc1. The van der Waals surface area contributed by atoms with Gasteiger partial charge in [-0.2, -0.15) is 0 Å². The van der Waals surface area contributed by atoms with E-state index in [0.29, 0.717) is 22.8 Å². The van der Waals surface area contributed by atoms with Crippen molar-refractivity contribution in [1.82, 2.24) is 14.3 Å². The molecule has 0 bridgehead atoms. The first-order valence-electron chi connectivity index (χ1n) is 10.3. The van der Waals surface area contributed by atoms with Crippen molar-refractivity contribution in [2.45, 2.75) is 26.4 Å². The molecule has 7 nitrogen and oxygen atoms in total. The molecule has 0 radical (unpaired) electrons. The maximum absolute atomic E-state index is 13.2. The van der Waals surface area contributed by atoms with Crippen molar-refractivity contribution in [2.75, 3.05) is 0 Å². The van der Waals surface area contributed by atoms with Gasteiger partial charge in [-0.15, -0.1) is 0 Å². The number of hydrogen-bond acceptors (Lipinski definition) is 5. The molecule has 1 unspecified atom stereocenters. The van der Waals surface area contributed by atoms with Crippen molar-refractivity contribution >= 4 is 23.1 Å². The quantitative estimate of drug-likeness (QED) is 0.300. The van der Waals surface area contributed by atoms with E-state index in [1.807, 2.05) is 49.4 Å². The second-order valence-corrected chi connectivity index (χ2v) is 7.89. The van der Waals surface area contributed by atoms with Crippen LogP contribution in [0.25, 0.3) is 11.4 Å². The molecule has 0 spiro atoms. The lowest BCUT2D eigenvalue weighted by molar-refractivity contribution is -0.140. The zero-order valence-electron chi connectivity index (χ0n) is 17.6. The molecule has 32 heavy (non-hydrogen) atoms. The Bertz CT molecular complexity index is 1360. The van der Waals surface area contributed by atoms with Crippen LogP contribution in [0.1, 0.15) is 34.3 Å². The Morgan fingerprint density at radius 2 is 1.84 bits per heavy atom. The van der Waals surface area contributed by atoms with Crippen molar-refractivity contribution in [3.05, 3.63) is 101 Å². The number of nitrogens with zero attached hydrogens (tertiary/aromatic N) is 3. The lowest BCUT2D eigenvalue weighted by Gasteiger charge is -2.24. The molecule has 160 valence electrons. The molecule has 3 aromatic heterocycles. The number of pyridine rings is 1. The van der Waals surface area contributed by atoms with E-state index in [4.69, 9.17) is 4.42 Å². The van der Waals surface area contributed by atoms with Gasteiger partial charge in [-0.3, -0.25) is 14.0 Å². The highest BCUT2D eigenvalue weighted by molar-refractivity contribution is 6.46. The van der Waals surface area contributed by atoms with Crippen molar-refractivity contribution in [1.29, 1.82) is 0 Å². The Morgan fingerprint density at radius 3 is 2.56 bits per heavy atom. The second-order valence-electron chi connectivity index (χ2n) is 7.89. The van der Waals surface area contributed by atoms with E-state index in [2.05, 4.69) is 4.98 Å². The average molecular weight is 427 g/mol. The smallest absolute Gasteiger partial charge is 0.296 e. The zero-order chi connectivity index (χ0) is 22.4. The Hall–Kier alpha value is -4.13. The summed E-state index contributed by atoms with van der Waals surface area (Å²) in [7, 11) is 0. The molecule has 1 aliphatic heterocycles. The Kier molecular flexibility index (Phi) is 4.66. The van der Waals surface area contributed by atoms with Gasteiger partial charge in [-0.05, 0) is 43.7 Å². The van der Waals surface area contributed by atoms with Crippen molar-refractivity contribution in [3.63, 3.8) is 0 Å². The highest BCUT2D eigenvalue weighted by atomic mass is 16.3. The molecule has 1 saturated heterocycles. The van der Waals surface area contributed by atoms with Crippen LogP contribution >= 0.6 is 0 Å². The van der Waals surface area contributed by atoms with Crippen LogP contribution in [0.2, 0.25) is 0 Å². The zero-order valence-corrected chi connectivity index (χ0v) is 17.6. The number of aryl methyl sites for hydroxylation is 2. The van der Waals surface area contributed by atoms with E-state index in [9.17, 15) is 14.7 Å². The van der Waals surface area contributed by atoms with E-state index in [1.54, 1.807) is 29.7 Å². The second kappa shape index (κ2) is 7.53. The first-order chi connectivity index (χ1) is 15.5. The average Bonchev–Trinajstić information content (AvgIpc) is 3.47. The van der Waals surface area contributed by atoms with Crippen LogP contribution in [0.15, 0.2) is 77.0 Å². The number of ketones is 1. The van der Waals surface area contributed by atoms with Gasteiger partial charge >= 0.3 is 0 Å². The van der Waals surface area contributed by atoms with Crippen molar-refractivity contribution < 1.29 is 19.1 Å². The highest BCUT2D eigenvalue weighted by Gasteiger charge is 2.46. The van der Waals surface area contributed by atoms with Crippen LogP contribution in [-0.2, 0) is 16.1 Å². The predicted octanol–water partition coefficient (Wildman–Crippen LogP) is 4.17. The summed E-state index contributed by atoms with van der Waals surface area (Å²) in [6, 6.07) is 15.8. The van der Waals surface area contributed by atoms with Gasteiger partial charge in [0, 0.05) is 6.20 Å². The summed E-state index contributed by atoms with van der Waals surface area (Å²) in [6.07, 6.45) is 3.29. The Balaban J connectivity index is 1.72. The van der Waals surface area contributed by atoms with Gasteiger partial charge in [0.15, 0.2) is 5.76 Å². The van der Waals surface area contributed by atoms with Crippen LogP contribution in [0, 0.1) is 13.8 Å². The lowest BCUT2D eigenvalue weighted by Crippen LogP contribution is -2.29. The number of aromatic nitrogens is 2. The molecule has 0 saturated carbocycles. The number of imidazole rings is 1. The van der Waals surface area contributed by atoms with Crippen molar-refractivity contribution in [2.24, 2.45) is 0 Å². The summed E-state index contributed by atoms with van der Waals surface area (Å²) in [5.41, 5.74) is 3.42. The van der Waals surface area contributed by atoms with Crippen LogP contribution in [-0.4, -0.2) is 31.1 Å². The number of likely N-dealkylation sites (tertiary alicyclic amines) is 1. The third-order valence-corrected chi connectivity index (χ3v) is 5.77. The summed E-state index contributed by atoms with van der Waals surface area (Å²) in [5.74, 6) is -1.10. The molecule has 1 fully saturated rings. The first kappa shape index (κ1) is 19.8. The molecule has 7 heteroatoms. The summed E-state index contributed by atoms with van der Waals surface area (Å²) < 4.78 is 7.15. The van der Waals surface area contributed by atoms with Gasteiger partial charge in [-0.25, -0.2) is 4.98 Å². The molecule has 0 aliphatic carbocycles. The largest absolute Gasteiger partial charge is 0.505 e. The number of amides is 1. The monoisotopic (exact) mass is 427 g/mol. The van der Waals surface area contributed by atoms with Crippen LogP contribution < -0.4 is 0 Å². The van der Waals surface area contributed by atoms with Gasteiger partial charge in [0.05, 0.1) is 30.1 Å². The number of benzene rings is 1. The summed E-state index contributed by atoms with van der Waals surface area (Å²) in [6.45, 7) is 3.84. The maximum atomic E-state index is 13.2. The summed E-state index contributed by atoms with van der Waals surface area (Å²) in [4.78, 5) is 32.2. The standard InChI is InChI=1S/C25H21N3O4/c1-15-8-10-17(11-9-15)22-20(24(30)25(31)28(22)14-18-6-5-13-32-18)23(29)21-16(2)26-19-7-3-4-12-27(19)21/h3-13,22,29H,14H2,1-2H3. The predicted molar refractivity (Wildman–Crippen MR) is 118 cm³/mol. The summed E-state index contributed by atoms with van der Waals surface area (Å²) >= 11 is 0. The number of hydrogen-bond donors (Lipinski definition) is 1. The van der Waals surface area contributed by atoms with Crippen molar-refractivity contribution in [3.8, 4) is 0 Å². The Labute approximate surface area is 184 Å². The van der Waals surface area contributed by atoms with Crippen LogP contribution in [0.5, 0.6) is 0 Å². The summed E-state index contributed by atoms with van der Waals surface area (Å²) in [5, 5.41) is 11.4. The van der Waals surface area contributed by atoms with Gasteiger partial charge < -0.3 is 14.4 Å². The molecule has 1 aliphatic rings. The lowest BCUT2D eigenvalue weighted by atomic mass is 9.95. The third-order valence-electron chi connectivity index (χ3n) is 5.77. The molecule has 1 aromatic carbocycles. The number of rotatable bonds is 4. The van der Waals surface area contributed by atoms with Gasteiger partial charge in [-0.1, -0.05) is 35.9 Å². The fourth-order valence-electron chi connectivity index (χ4n) is 4.24. The van der Waals surface area contributed by atoms with Gasteiger partial charge in [0.25, 0.3) is 11.7 Å². The molecule has 5 rings (SSSR count). The van der Waals surface area contributed by atoms with Gasteiger partial charge in [0.2, 0.25) is 0 Å². The molecule has 1 N–H and O–H groups in total. The molecule has 1 amide bonds. The number of furan rings is 1. The topological polar surface area (TPSA) is 88.0 Å². The van der Waals surface area contributed by atoms with E-state index in [1.165, 1.54) is 11.2 Å². The molecular formula is C25H21N3O4. The number of carbonyl (C=O) groups excluding carboxylic acids is 2. The molecule has 4 heterocycles. The van der Waals surface area contributed by atoms with Crippen LogP contribution in [0.4, 0.5) is 0 Å². The first-order valence-corrected chi connectivity index (χ1v) is 10.3.